The molecule has 1 saturated carbocycles. The van der Waals surface area contributed by atoms with Crippen LogP contribution in [0.1, 0.15) is 54.5 Å². The van der Waals surface area contributed by atoms with Gasteiger partial charge in [-0.25, -0.2) is 4.98 Å². The second kappa shape index (κ2) is 5.01. The minimum atomic E-state index is 0.314. The van der Waals surface area contributed by atoms with E-state index in [1.54, 1.807) is 11.3 Å². The Labute approximate surface area is 132 Å². The first-order valence-corrected chi connectivity index (χ1v) is 8.27. The van der Waals surface area contributed by atoms with Gasteiger partial charge in [-0.15, -0.1) is 11.3 Å². The SMILES string of the molecule is CC(C)c1nc(-c2noc([C@@H]3C[C@H]3c3cnn(C)c3)n2)cs1. The molecule has 0 amide bonds. The molecule has 0 N–H and O–H groups in total. The Balaban J connectivity index is 1.52. The Kier molecular flexibility index (Phi) is 3.11. The van der Waals surface area contributed by atoms with Crippen LogP contribution in [-0.2, 0) is 7.05 Å². The van der Waals surface area contributed by atoms with E-state index >= 15 is 0 Å². The van der Waals surface area contributed by atoms with Crippen molar-refractivity contribution in [3.63, 3.8) is 0 Å². The molecule has 0 bridgehead atoms. The fraction of sp³-hybridized carbons (Fsp3) is 0.467. The van der Waals surface area contributed by atoms with E-state index in [0.717, 1.165) is 17.1 Å². The number of aryl methyl sites for hydroxylation is 1. The van der Waals surface area contributed by atoms with Gasteiger partial charge in [0.2, 0.25) is 11.7 Å². The fourth-order valence-electron chi connectivity index (χ4n) is 2.61. The van der Waals surface area contributed by atoms with Gasteiger partial charge in [0.05, 0.1) is 11.2 Å². The monoisotopic (exact) mass is 315 g/mol. The highest BCUT2D eigenvalue weighted by Crippen LogP contribution is 2.54. The van der Waals surface area contributed by atoms with Crippen molar-refractivity contribution in [2.24, 2.45) is 7.05 Å². The molecule has 3 aromatic rings. The molecule has 0 unspecified atom stereocenters. The van der Waals surface area contributed by atoms with Crippen LogP contribution in [0.15, 0.2) is 22.3 Å². The lowest BCUT2D eigenvalue weighted by Gasteiger charge is -1.95. The van der Waals surface area contributed by atoms with Crippen LogP contribution in [0.5, 0.6) is 0 Å². The summed E-state index contributed by atoms with van der Waals surface area (Å²) in [6.07, 6.45) is 5.01. The van der Waals surface area contributed by atoms with E-state index in [2.05, 4.69) is 40.3 Å². The molecule has 6 nitrogen and oxygen atoms in total. The quantitative estimate of drug-likeness (QED) is 0.738. The van der Waals surface area contributed by atoms with E-state index in [1.807, 2.05) is 23.3 Å². The van der Waals surface area contributed by atoms with E-state index in [0.29, 0.717) is 29.5 Å². The minimum absolute atomic E-state index is 0.314. The first-order chi connectivity index (χ1) is 10.6. The van der Waals surface area contributed by atoms with Crippen LogP contribution in [0.4, 0.5) is 0 Å². The third-order valence-corrected chi connectivity index (χ3v) is 5.09. The van der Waals surface area contributed by atoms with Crippen molar-refractivity contribution >= 4 is 11.3 Å². The van der Waals surface area contributed by atoms with Crippen LogP contribution in [0, 0.1) is 0 Å². The molecular formula is C15H17N5OS. The molecule has 114 valence electrons. The number of hydrogen-bond donors (Lipinski definition) is 0. The second-order valence-corrected chi connectivity index (χ2v) is 6.97. The van der Waals surface area contributed by atoms with Crippen molar-refractivity contribution in [1.82, 2.24) is 24.9 Å². The summed E-state index contributed by atoms with van der Waals surface area (Å²) in [5, 5.41) is 11.4. The Hall–Kier alpha value is -2.02. The predicted octanol–water partition coefficient (Wildman–Crippen LogP) is 3.32. The zero-order valence-electron chi connectivity index (χ0n) is 12.7. The highest BCUT2D eigenvalue weighted by Gasteiger charge is 2.44. The summed E-state index contributed by atoms with van der Waals surface area (Å²) >= 11 is 1.64. The number of aromatic nitrogens is 5. The summed E-state index contributed by atoms with van der Waals surface area (Å²) in [6.45, 7) is 4.26. The summed E-state index contributed by atoms with van der Waals surface area (Å²) in [5.74, 6) is 2.48. The fourth-order valence-corrected chi connectivity index (χ4v) is 3.43. The first-order valence-electron chi connectivity index (χ1n) is 7.39. The van der Waals surface area contributed by atoms with E-state index in [-0.39, 0.29) is 0 Å². The highest BCUT2D eigenvalue weighted by atomic mass is 32.1. The van der Waals surface area contributed by atoms with Gasteiger partial charge in [-0.05, 0) is 17.9 Å². The summed E-state index contributed by atoms with van der Waals surface area (Å²) in [5.41, 5.74) is 2.05. The summed E-state index contributed by atoms with van der Waals surface area (Å²) in [7, 11) is 1.93. The lowest BCUT2D eigenvalue weighted by molar-refractivity contribution is 0.378. The van der Waals surface area contributed by atoms with Gasteiger partial charge < -0.3 is 4.52 Å². The topological polar surface area (TPSA) is 69.6 Å². The minimum Gasteiger partial charge on any atom is -0.339 e. The average Bonchev–Trinajstić information content (AvgIpc) is 2.93. The lowest BCUT2D eigenvalue weighted by atomic mass is 10.2. The summed E-state index contributed by atoms with van der Waals surface area (Å²) in [4.78, 5) is 9.11. The first kappa shape index (κ1) is 13.6. The highest BCUT2D eigenvalue weighted by molar-refractivity contribution is 7.10. The maximum absolute atomic E-state index is 5.45. The van der Waals surface area contributed by atoms with Crippen LogP contribution >= 0.6 is 11.3 Å². The maximum atomic E-state index is 5.45. The molecule has 0 spiro atoms. The van der Waals surface area contributed by atoms with E-state index in [9.17, 15) is 0 Å². The van der Waals surface area contributed by atoms with E-state index < -0.39 is 0 Å². The smallest absolute Gasteiger partial charge is 0.230 e. The van der Waals surface area contributed by atoms with Gasteiger partial charge in [0.15, 0.2) is 0 Å². The Morgan fingerprint density at radius 2 is 2.18 bits per heavy atom. The van der Waals surface area contributed by atoms with Crippen LogP contribution in [0.25, 0.3) is 11.5 Å². The molecular weight excluding hydrogens is 298 g/mol. The van der Waals surface area contributed by atoms with Crippen molar-refractivity contribution in [1.29, 1.82) is 0 Å². The van der Waals surface area contributed by atoms with Gasteiger partial charge in [0.25, 0.3) is 0 Å². The van der Waals surface area contributed by atoms with Crippen LogP contribution in [0.3, 0.4) is 0 Å². The zero-order valence-corrected chi connectivity index (χ0v) is 13.5. The molecule has 4 rings (SSSR count). The van der Waals surface area contributed by atoms with Gasteiger partial charge in [0.1, 0.15) is 5.69 Å². The van der Waals surface area contributed by atoms with Crippen molar-refractivity contribution in [3.05, 3.63) is 34.2 Å². The molecule has 0 saturated heterocycles. The van der Waals surface area contributed by atoms with E-state index in [1.165, 1.54) is 5.56 Å². The van der Waals surface area contributed by atoms with E-state index in [4.69, 9.17) is 4.52 Å². The van der Waals surface area contributed by atoms with Crippen LogP contribution in [-0.4, -0.2) is 24.9 Å². The van der Waals surface area contributed by atoms with Gasteiger partial charge in [-0.3, -0.25) is 4.68 Å². The third kappa shape index (κ3) is 2.35. The van der Waals surface area contributed by atoms with Crippen LogP contribution < -0.4 is 0 Å². The van der Waals surface area contributed by atoms with Crippen molar-refractivity contribution in [3.8, 4) is 11.5 Å². The maximum Gasteiger partial charge on any atom is 0.230 e. The molecule has 0 aliphatic heterocycles. The Bertz CT molecular complexity index is 802. The van der Waals surface area contributed by atoms with Crippen molar-refractivity contribution in [2.75, 3.05) is 0 Å². The predicted molar refractivity (Wildman–Crippen MR) is 82.8 cm³/mol. The third-order valence-electron chi connectivity index (χ3n) is 3.95. The average molecular weight is 315 g/mol. The number of rotatable bonds is 4. The standard InChI is InChI=1S/C15H17N5OS/c1-8(2)15-17-12(7-22-15)13-18-14(21-19-13)11-4-10(11)9-5-16-20(3)6-9/h5-8,10-11H,4H2,1-3H3/t10-,11+/m0/s1. The summed E-state index contributed by atoms with van der Waals surface area (Å²) in [6, 6.07) is 0. The van der Waals surface area contributed by atoms with Gasteiger partial charge >= 0.3 is 0 Å². The van der Waals surface area contributed by atoms with Crippen molar-refractivity contribution < 1.29 is 4.52 Å². The molecule has 7 heteroatoms. The normalized spacial score (nSPS) is 20.7. The van der Waals surface area contributed by atoms with Crippen molar-refractivity contribution in [2.45, 2.75) is 38.0 Å². The second-order valence-electron chi connectivity index (χ2n) is 6.08. The van der Waals surface area contributed by atoms with Crippen LogP contribution in [0.2, 0.25) is 0 Å². The summed E-state index contributed by atoms with van der Waals surface area (Å²) < 4.78 is 7.27. The zero-order chi connectivity index (χ0) is 15.3. The number of nitrogens with zero attached hydrogens (tertiary/aromatic N) is 5. The number of thiazole rings is 1. The van der Waals surface area contributed by atoms with Gasteiger partial charge in [-0.2, -0.15) is 10.1 Å². The molecule has 1 aliphatic carbocycles. The molecule has 0 radical (unpaired) electrons. The lowest BCUT2D eigenvalue weighted by Crippen LogP contribution is -1.87. The molecule has 0 aromatic carbocycles. The largest absolute Gasteiger partial charge is 0.339 e. The molecule has 1 aliphatic rings. The molecule has 1 fully saturated rings. The number of hydrogen-bond acceptors (Lipinski definition) is 6. The Morgan fingerprint density at radius 3 is 2.86 bits per heavy atom. The Morgan fingerprint density at radius 1 is 1.32 bits per heavy atom. The molecule has 2 atom stereocenters. The molecule has 22 heavy (non-hydrogen) atoms. The molecule has 3 heterocycles. The molecule has 3 aromatic heterocycles. The van der Waals surface area contributed by atoms with Gasteiger partial charge in [0, 0.05) is 30.5 Å². The van der Waals surface area contributed by atoms with Gasteiger partial charge in [-0.1, -0.05) is 19.0 Å².